The number of esters is 1. The molecule has 0 radical (unpaired) electrons. The Morgan fingerprint density at radius 3 is 2.46 bits per heavy atom. The van der Waals surface area contributed by atoms with Crippen molar-refractivity contribution >= 4 is 23.5 Å². The van der Waals surface area contributed by atoms with Gasteiger partial charge in [0.05, 0.1) is 12.0 Å². The highest BCUT2D eigenvalue weighted by Gasteiger charge is 2.18. The van der Waals surface area contributed by atoms with Gasteiger partial charge in [-0.25, -0.2) is 4.79 Å². The van der Waals surface area contributed by atoms with Crippen LogP contribution < -0.4 is 4.74 Å². The Bertz CT molecular complexity index is 841. The van der Waals surface area contributed by atoms with Gasteiger partial charge < -0.3 is 9.47 Å². The van der Waals surface area contributed by atoms with Crippen LogP contribution in [-0.2, 0) is 9.53 Å². The van der Waals surface area contributed by atoms with Gasteiger partial charge in [-0.1, -0.05) is 12.1 Å². The SMILES string of the molecule is COc1ccc(C(=O)[C@H](C)OC(=O)/C=C/c2cccc([N+](=O)[O-])c2)cc1. The number of carbonyl (C=O) groups is 2. The summed E-state index contributed by atoms with van der Waals surface area (Å²) in [6, 6.07) is 12.3. The maximum absolute atomic E-state index is 12.3. The quantitative estimate of drug-likeness (QED) is 0.248. The van der Waals surface area contributed by atoms with Gasteiger partial charge in [-0.3, -0.25) is 14.9 Å². The van der Waals surface area contributed by atoms with Gasteiger partial charge in [0.25, 0.3) is 5.69 Å². The zero-order valence-corrected chi connectivity index (χ0v) is 14.2. The zero-order chi connectivity index (χ0) is 19.1. The normalized spacial score (nSPS) is 11.8. The van der Waals surface area contributed by atoms with Gasteiger partial charge >= 0.3 is 5.97 Å². The van der Waals surface area contributed by atoms with Crippen molar-refractivity contribution in [1.82, 2.24) is 0 Å². The minimum Gasteiger partial charge on any atom is -0.497 e. The lowest BCUT2D eigenvalue weighted by Crippen LogP contribution is -2.23. The third-order valence-electron chi connectivity index (χ3n) is 3.53. The molecule has 0 aliphatic rings. The van der Waals surface area contributed by atoms with E-state index in [-0.39, 0.29) is 11.5 Å². The number of hydrogen-bond donors (Lipinski definition) is 0. The third kappa shape index (κ3) is 5.01. The molecule has 2 rings (SSSR count). The number of rotatable bonds is 7. The Balaban J connectivity index is 1.98. The number of ketones is 1. The summed E-state index contributed by atoms with van der Waals surface area (Å²) in [5.41, 5.74) is 0.794. The van der Waals surface area contributed by atoms with Crippen LogP contribution in [0.25, 0.3) is 6.08 Å². The fourth-order valence-electron chi connectivity index (χ4n) is 2.16. The number of carbonyl (C=O) groups excluding carboxylic acids is 2. The van der Waals surface area contributed by atoms with Gasteiger partial charge in [-0.15, -0.1) is 0 Å². The van der Waals surface area contributed by atoms with E-state index >= 15 is 0 Å². The smallest absolute Gasteiger partial charge is 0.331 e. The summed E-state index contributed by atoms with van der Waals surface area (Å²) in [7, 11) is 1.52. The first-order valence-electron chi connectivity index (χ1n) is 7.72. The van der Waals surface area contributed by atoms with Crippen LogP contribution in [0.4, 0.5) is 5.69 Å². The average Bonchev–Trinajstić information content (AvgIpc) is 2.66. The van der Waals surface area contributed by atoms with Crippen LogP contribution in [0.5, 0.6) is 5.75 Å². The van der Waals surface area contributed by atoms with Crippen molar-refractivity contribution in [3.05, 3.63) is 75.8 Å². The number of nitrogens with zero attached hydrogens (tertiary/aromatic N) is 1. The first-order valence-corrected chi connectivity index (χ1v) is 7.72. The molecule has 0 aliphatic heterocycles. The second-order valence-electron chi connectivity index (χ2n) is 5.36. The molecule has 0 saturated carbocycles. The molecule has 1 atom stereocenters. The van der Waals surface area contributed by atoms with Crippen LogP contribution in [0.1, 0.15) is 22.8 Å². The fourth-order valence-corrected chi connectivity index (χ4v) is 2.16. The summed E-state index contributed by atoms with van der Waals surface area (Å²) in [6.07, 6.45) is 1.54. The molecule has 0 N–H and O–H groups in total. The summed E-state index contributed by atoms with van der Waals surface area (Å²) >= 11 is 0. The molecule has 0 bridgehead atoms. The van der Waals surface area contributed by atoms with E-state index in [4.69, 9.17) is 9.47 Å². The van der Waals surface area contributed by atoms with Crippen LogP contribution in [0, 0.1) is 10.1 Å². The lowest BCUT2D eigenvalue weighted by Gasteiger charge is -2.11. The number of non-ortho nitro benzene ring substituents is 1. The highest BCUT2D eigenvalue weighted by molar-refractivity contribution is 6.01. The van der Waals surface area contributed by atoms with Crippen molar-refractivity contribution in [2.24, 2.45) is 0 Å². The molecule has 0 heterocycles. The van der Waals surface area contributed by atoms with Crippen LogP contribution in [0.3, 0.4) is 0 Å². The largest absolute Gasteiger partial charge is 0.497 e. The minimum atomic E-state index is -0.967. The zero-order valence-electron chi connectivity index (χ0n) is 14.2. The number of nitro groups is 1. The molecule has 7 nitrogen and oxygen atoms in total. The first-order chi connectivity index (χ1) is 12.4. The summed E-state index contributed by atoms with van der Waals surface area (Å²) < 4.78 is 10.1. The van der Waals surface area contributed by atoms with Gasteiger partial charge in [0, 0.05) is 23.8 Å². The van der Waals surface area contributed by atoms with Gasteiger partial charge in [-0.2, -0.15) is 0 Å². The Hall–Kier alpha value is -3.48. The maximum atomic E-state index is 12.3. The van der Waals surface area contributed by atoms with Crippen LogP contribution in [0.2, 0.25) is 0 Å². The van der Waals surface area contributed by atoms with Crippen molar-refractivity contribution in [2.75, 3.05) is 7.11 Å². The molecular formula is C19H17NO6. The van der Waals surface area contributed by atoms with E-state index in [1.54, 1.807) is 30.3 Å². The van der Waals surface area contributed by atoms with Crippen molar-refractivity contribution in [3.63, 3.8) is 0 Å². The summed E-state index contributed by atoms with van der Waals surface area (Å²) in [4.78, 5) is 34.3. The predicted octanol–water partition coefficient (Wildman–Crippen LogP) is 3.43. The fraction of sp³-hybridized carbons (Fsp3) is 0.158. The van der Waals surface area contributed by atoms with E-state index in [1.165, 1.54) is 38.3 Å². The van der Waals surface area contributed by atoms with Gasteiger partial charge in [0.1, 0.15) is 5.75 Å². The van der Waals surface area contributed by atoms with E-state index in [2.05, 4.69) is 0 Å². The lowest BCUT2D eigenvalue weighted by atomic mass is 10.1. The summed E-state index contributed by atoms with van der Waals surface area (Å²) in [5, 5.41) is 10.7. The molecule has 26 heavy (non-hydrogen) atoms. The molecular weight excluding hydrogens is 338 g/mol. The second-order valence-corrected chi connectivity index (χ2v) is 5.36. The number of Topliss-reactive ketones (excluding diaryl/α,β-unsaturated/α-hetero) is 1. The monoisotopic (exact) mass is 355 g/mol. The van der Waals surface area contributed by atoms with E-state index in [0.717, 1.165) is 6.08 Å². The van der Waals surface area contributed by atoms with Crippen LogP contribution in [-0.4, -0.2) is 29.9 Å². The lowest BCUT2D eigenvalue weighted by molar-refractivity contribution is -0.384. The Morgan fingerprint density at radius 1 is 1.15 bits per heavy atom. The van der Waals surface area contributed by atoms with Gasteiger partial charge in [0.2, 0.25) is 5.78 Å². The van der Waals surface area contributed by atoms with Crippen molar-refractivity contribution in [2.45, 2.75) is 13.0 Å². The average molecular weight is 355 g/mol. The summed E-state index contributed by atoms with van der Waals surface area (Å²) in [5.74, 6) is -0.443. The predicted molar refractivity (Wildman–Crippen MR) is 95.0 cm³/mol. The van der Waals surface area contributed by atoms with Gasteiger partial charge in [0.15, 0.2) is 6.10 Å². The molecule has 134 valence electrons. The molecule has 7 heteroatoms. The van der Waals surface area contributed by atoms with Crippen LogP contribution in [0.15, 0.2) is 54.6 Å². The minimum absolute atomic E-state index is 0.0800. The molecule has 0 spiro atoms. The van der Waals surface area contributed by atoms with Crippen LogP contribution >= 0.6 is 0 Å². The summed E-state index contributed by atoms with van der Waals surface area (Å²) in [6.45, 7) is 1.48. The molecule has 0 unspecified atom stereocenters. The van der Waals surface area contributed by atoms with E-state index in [0.29, 0.717) is 16.9 Å². The Labute approximate surface area is 150 Å². The number of ether oxygens (including phenoxy) is 2. The van der Waals surface area contributed by atoms with E-state index in [9.17, 15) is 19.7 Å². The number of benzene rings is 2. The highest BCUT2D eigenvalue weighted by atomic mass is 16.6. The molecule has 0 aliphatic carbocycles. The third-order valence-corrected chi connectivity index (χ3v) is 3.53. The molecule has 0 saturated heterocycles. The highest BCUT2D eigenvalue weighted by Crippen LogP contribution is 2.15. The second kappa shape index (κ2) is 8.57. The Kier molecular flexibility index (Phi) is 6.21. The van der Waals surface area contributed by atoms with Crippen molar-refractivity contribution < 1.29 is 24.0 Å². The van der Waals surface area contributed by atoms with Crippen molar-refractivity contribution in [3.8, 4) is 5.75 Å². The first kappa shape index (κ1) is 18.9. The number of methoxy groups -OCH3 is 1. The number of nitro benzene ring substituents is 1. The van der Waals surface area contributed by atoms with E-state index < -0.39 is 17.0 Å². The Morgan fingerprint density at radius 2 is 1.85 bits per heavy atom. The van der Waals surface area contributed by atoms with Gasteiger partial charge in [-0.05, 0) is 42.8 Å². The number of hydrogen-bond acceptors (Lipinski definition) is 6. The topological polar surface area (TPSA) is 95.7 Å². The van der Waals surface area contributed by atoms with E-state index in [1.807, 2.05) is 0 Å². The van der Waals surface area contributed by atoms with Crippen molar-refractivity contribution in [1.29, 1.82) is 0 Å². The molecule has 2 aromatic carbocycles. The maximum Gasteiger partial charge on any atom is 0.331 e. The molecule has 0 fully saturated rings. The molecule has 0 amide bonds. The molecule has 0 aromatic heterocycles. The standard InChI is InChI=1S/C19H17NO6/c1-13(19(22)15-7-9-17(25-2)10-8-15)26-18(21)11-6-14-4-3-5-16(12-14)20(23)24/h3-13H,1-2H3/b11-6+/t13-/m0/s1. The molecule has 2 aromatic rings.